The monoisotopic (exact) mass is 518 g/mol. The van der Waals surface area contributed by atoms with Gasteiger partial charge >= 0.3 is 0 Å². The van der Waals surface area contributed by atoms with Gasteiger partial charge in [0.15, 0.2) is 5.79 Å². The van der Waals surface area contributed by atoms with Gasteiger partial charge < -0.3 is 14.9 Å². The molecule has 202 valence electrons. The molecule has 7 heteroatoms. The highest BCUT2D eigenvalue weighted by molar-refractivity contribution is 6.06. The quantitative estimate of drug-likeness (QED) is 0.580. The van der Waals surface area contributed by atoms with E-state index in [-0.39, 0.29) is 35.4 Å². The van der Waals surface area contributed by atoms with Crippen LogP contribution in [0.1, 0.15) is 56.8 Å². The van der Waals surface area contributed by atoms with E-state index in [1.807, 2.05) is 26.0 Å². The Morgan fingerprint density at radius 1 is 1.00 bits per heavy atom. The van der Waals surface area contributed by atoms with Gasteiger partial charge in [-0.15, -0.1) is 0 Å². The molecule has 6 rings (SSSR count). The number of ether oxygens (including phenoxy) is 1. The van der Waals surface area contributed by atoms with E-state index in [9.17, 15) is 19.8 Å². The second-order valence-corrected chi connectivity index (χ2v) is 12.1. The summed E-state index contributed by atoms with van der Waals surface area (Å²) in [6.07, 6.45) is 2.02. The number of amides is 2. The minimum Gasteiger partial charge on any atom is -0.508 e. The standard InChI is InChI=1S/C31H38N2O5/c1-19(2)25-16-24-28(26-17-27(38-31(25,26)37)21-9-6-10-23(34)15-21)30(36)33(29(24)35)22-11-13-32(14-12-22)18-20-7-4-3-5-8-20/h3-10,15,19,22,24-28,34,37H,11-14,16-18H2,1-2H3/t24-,25+,26-,27-,28-,31+/m0/s1. The molecule has 1 aliphatic carbocycles. The highest BCUT2D eigenvalue weighted by Crippen LogP contribution is 2.60. The maximum Gasteiger partial charge on any atom is 0.233 e. The fourth-order valence-electron chi connectivity index (χ4n) is 7.66. The molecular weight excluding hydrogens is 480 g/mol. The van der Waals surface area contributed by atoms with E-state index >= 15 is 0 Å². The maximum absolute atomic E-state index is 14.0. The predicted octanol–water partition coefficient (Wildman–Crippen LogP) is 4.10. The SMILES string of the molecule is CC(C)[C@H]1C[C@@H]2C(=O)N(C3CCN(Cc4ccccc4)CC3)C(=O)[C@@H]2[C@@H]2C[C@@H](c3cccc(O)c3)O[C@]12O. The van der Waals surface area contributed by atoms with Crippen molar-refractivity contribution in [2.24, 2.45) is 29.6 Å². The number of nitrogens with zero attached hydrogens (tertiary/aromatic N) is 2. The summed E-state index contributed by atoms with van der Waals surface area (Å²) >= 11 is 0. The fourth-order valence-corrected chi connectivity index (χ4v) is 7.66. The molecule has 3 aliphatic heterocycles. The van der Waals surface area contributed by atoms with E-state index in [0.29, 0.717) is 12.8 Å². The first-order chi connectivity index (χ1) is 18.3. The highest BCUT2D eigenvalue weighted by Gasteiger charge is 2.67. The summed E-state index contributed by atoms with van der Waals surface area (Å²) in [5, 5.41) is 22.0. The van der Waals surface area contributed by atoms with Gasteiger partial charge in [0, 0.05) is 37.5 Å². The third kappa shape index (κ3) is 4.25. The van der Waals surface area contributed by atoms with Gasteiger partial charge in [-0.2, -0.15) is 0 Å². The zero-order valence-corrected chi connectivity index (χ0v) is 22.2. The molecule has 0 unspecified atom stereocenters. The van der Waals surface area contributed by atoms with Crippen LogP contribution in [-0.4, -0.2) is 56.7 Å². The lowest BCUT2D eigenvalue weighted by molar-refractivity contribution is -0.276. The second-order valence-electron chi connectivity index (χ2n) is 12.1. The summed E-state index contributed by atoms with van der Waals surface area (Å²) in [7, 11) is 0. The third-order valence-corrected chi connectivity index (χ3v) is 9.53. The summed E-state index contributed by atoms with van der Waals surface area (Å²) in [5.41, 5.74) is 2.05. The molecule has 7 nitrogen and oxygen atoms in total. The fraction of sp³-hybridized carbons (Fsp3) is 0.548. The number of carbonyl (C=O) groups is 2. The van der Waals surface area contributed by atoms with Crippen LogP contribution >= 0.6 is 0 Å². The van der Waals surface area contributed by atoms with Crippen LogP contribution in [0.5, 0.6) is 5.75 Å². The highest BCUT2D eigenvalue weighted by atomic mass is 16.6. The molecule has 0 spiro atoms. The van der Waals surface area contributed by atoms with Crippen LogP contribution in [0.15, 0.2) is 54.6 Å². The van der Waals surface area contributed by atoms with Crippen LogP contribution in [0.4, 0.5) is 0 Å². The Hall–Kier alpha value is -2.74. The minimum absolute atomic E-state index is 0.0602. The van der Waals surface area contributed by atoms with Crippen LogP contribution in [0.25, 0.3) is 0 Å². The first kappa shape index (κ1) is 25.5. The number of aliphatic hydroxyl groups is 1. The predicted molar refractivity (Wildman–Crippen MR) is 142 cm³/mol. The van der Waals surface area contributed by atoms with Crippen molar-refractivity contribution in [1.29, 1.82) is 0 Å². The van der Waals surface area contributed by atoms with Gasteiger partial charge in [0.25, 0.3) is 0 Å². The maximum atomic E-state index is 14.0. The summed E-state index contributed by atoms with van der Waals surface area (Å²) in [4.78, 5) is 31.7. The molecule has 2 aromatic carbocycles. The van der Waals surface area contributed by atoms with Crippen molar-refractivity contribution in [3.8, 4) is 5.75 Å². The van der Waals surface area contributed by atoms with Gasteiger partial charge in [0.2, 0.25) is 11.8 Å². The van der Waals surface area contributed by atoms with Crippen molar-refractivity contribution < 1.29 is 24.5 Å². The van der Waals surface area contributed by atoms with Gasteiger partial charge in [0.1, 0.15) is 5.75 Å². The van der Waals surface area contributed by atoms with Crippen LogP contribution in [0.2, 0.25) is 0 Å². The smallest absolute Gasteiger partial charge is 0.233 e. The zero-order valence-electron chi connectivity index (χ0n) is 22.2. The number of benzene rings is 2. The normalized spacial score (nSPS) is 34.1. The molecule has 3 saturated heterocycles. The van der Waals surface area contributed by atoms with Crippen molar-refractivity contribution in [3.05, 3.63) is 65.7 Å². The minimum atomic E-state index is -1.48. The number of rotatable bonds is 5. The molecule has 2 N–H and O–H groups in total. The number of aromatic hydroxyl groups is 1. The molecule has 0 radical (unpaired) electrons. The van der Waals surface area contributed by atoms with Gasteiger partial charge in [-0.1, -0.05) is 56.3 Å². The molecule has 0 bridgehead atoms. The van der Waals surface area contributed by atoms with E-state index in [1.165, 1.54) is 5.56 Å². The summed E-state index contributed by atoms with van der Waals surface area (Å²) in [6, 6.07) is 17.2. The molecule has 2 aromatic rings. The number of likely N-dealkylation sites (tertiary alicyclic amines) is 2. The Balaban J connectivity index is 1.22. The number of phenolic OH excluding ortho intramolecular Hbond substituents is 1. The van der Waals surface area contributed by atoms with Crippen LogP contribution in [0.3, 0.4) is 0 Å². The van der Waals surface area contributed by atoms with E-state index < -0.39 is 29.6 Å². The summed E-state index contributed by atoms with van der Waals surface area (Å²) in [5.74, 6) is -3.12. The van der Waals surface area contributed by atoms with Crippen molar-refractivity contribution in [1.82, 2.24) is 9.80 Å². The molecule has 1 saturated carbocycles. The average molecular weight is 519 g/mol. The summed E-state index contributed by atoms with van der Waals surface area (Å²) in [6.45, 7) is 6.66. The van der Waals surface area contributed by atoms with Crippen LogP contribution in [0, 0.1) is 29.6 Å². The molecular formula is C31H38N2O5. The lowest BCUT2D eigenvalue weighted by Gasteiger charge is -2.46. The van der Waals surface area contributed by atoms with E-state index in [2.05, 4.69) is 29.2 Å². The number of hydrogen-bond donors (Lipinski definition) is 2. The Morgan fingerprint density at radius 3 is 2.42 bits per heavy atom. The zero-order chi connectivity index (χ0) is 26.6. The van der Waals surface area contributed by atoms with Gasteiger partial charge in [-0.3, -0.25) is 19.4 Å². The van der Waals surface area contributed by atoms with Crippen molar-refractivity contribution in [2.75, 3.05) is 13.1 Å². The molecule has 6 atom stereocenters. The van der Waals surface area contributed by atoms with Crippen molar-refractivity contribution in [3.63, 3.8) is 0 Å². The second kappa shape index (κ2) is 9.78. The molecule has 0 aromatic heterocycles. The molecule has 3 heterocycles. The Labute approximate surface area is 224 Å². The number of phenols is 1. The lowest BCUT2D eigenvalue weighted by atomic mass is 9.62. The number of fused-ring (bicyclic) bond motifs is 3. The third-order valence-electron chi connectivity index (χ3n) is 9.53. The number of carbonyl (C=O) groups excluding carboxylic acids is 2. The van der Waals surface area contributed by atoms with Gasteiger partial charge in [-0.05, 0) is 54.9 Å². The van der Waals surface area contributed by atoms with Crippen molar-refractivity contribution >= 4 is 11.8 Å². The van der Waals surface area contributed by atoms with Crippen LogP contribution < -0.4 is 0 Å². The van der Waals surface area contributed by atoms with E-state index in [0.717, 1.165) is 38.0 Å². The van der Waals surface area contributed by atoms with E-state index in [4.69, 9.17) is 4.74 Å². The topological polar surface area (TPSA) is 90.3 Å². The molecule has 38 heavy (non-hydrogen) atoms. The number of piperidine rings is 1. The molecule has 4 fully saturated rings. The Bertz CT molecular complexity index is 1190. The summed E-state index contributed by atoms with van der Waals surface area (Å²) < 4.78 is 6.37. The van der Waals surface area contributed by atoms with E-state index in [1.54, 1.807) is 23.1 Å². The van der Waals surface area contributed by atoms with Crippen molar-refractivity contribution in [2.45, 2.75) is 64.0 Å². The van der Waals surface area contributed by atoms with Crippen LogP contribution in [-0.2, 0) is 20.9 Å². The lowest BCUT2D eigenvalue weighted by Crippen LogP contribution is -2.55. The number of hydrogen-bond acceptors (Lipinski definition) is 6. The van der Waals surface area contributed by atoms with Gasteiger partial charge in [-0.25, -0.2) is 0 Å². The Kier molecular flexibility index (Phi) is 6.57. The number of imide groups is 1. The Morgan fingerprint density at radius 2 is 1.74 bits per heavy atom. The molecule has 2 amide bonds. The first-order valence-electron chi connectivity index (χ1n) is 14.1. The molecule has 4 aliphatic rings. The van der Waals surface area contributed by atoms with Gasteiger partial charge in [0.05, 0.1) is 17.9 Å². The largest absolute Gasteiger partial charge is 0.508 e. The first-order valence-corrected chi connectivity index (χ1v) is 14.1. The average Bonchev–Trinajstić information content (AvgIpc) is 3.38.